The summed E-state index contributed by atoms with van der Waals surface area (Å²) in [6.07, 6.45) is -0.203. The Morgan fingerprint density at radius 2 is 1.72 bits per heavy atom. The van der Waals surface area contributed by atoms with Crippen molar-refractivity contribution in [3.8, 4) is 0 Å². The van der Waals surface area contributed by atoms with Gasteiger partial charge in [0.25, 0.3) is 5.91 Å². The Bertz CT molecular complexity index is 758. The first-order valence-electron chi connectivity index (χ1n) is 8.19. The van der Waals surface area contributed by atoms with Gasteiger partial charge in [0.15, 0.2) is 0 Å². The highest BCUT2D eigenvalue weighted by Gasteiger charge is 2.23. The van der Waals surface area contributed by atoms with Crippen molar-refractivity contribution in [3.05, 3.63) is 70.2 Å². The highest BCUT2D eigenvalue weighted by atomic mass is 35.5. The van der Waals surface area contributed by atoms with Crippen LogP contribution in [-0.4, -0.2) is 18.0 Å². The lowest BCUT2D eigenvalue weighted by atomic mass is 10.0. The SMILES string of the molecule is Cc1ccccc1C(=O)NC(CC(=O)OC(C)C)c1ccccc1Cl. The number of carbonyl (C=O) groups excluding carboxylic acids is 2. The number of hydrogen-bond acceptors (Lipinski definition) is 3. The average Bonchev–Trinajstić information content (AvgIpc) is 2.54. The smallest absolute Gasteiger partial charge is 0.308 e. The quantitative estimate of drug-likeness (QED) is 0.774. The molecule has 0 aliphatic carbocycles. The maximum absolute atomic E-state index is 12.7. The lowest BCUT2D eigenvalue weighted by Crippen LogP contribution is -2.31. The molecule has 2 aromatic carbocycles. The molecule has 132 valence electrons. The summed E-state index contributed by atoms with van der Waals surface area (Å²) in [6, 6.07) is 13.9. The first-order chi connectivity index (χ1) is 11.9. The minimum absolute atomic E-state index is 0.0134. The number of esters is 1. The van der Waals surface area contributed by atoms with Gasteiger partial charge in [0.2, 0.25) is 0 Å². The van der Waals surface area contributed by atoms with E-state index in [1.807, 2.05) is 25.1 Å². The van der Waals surface area contributed by atoms with Gasteiger partial charge in [-0.05, 0) is 44.0 Å². The van der Waals surface area contributed by atoms with Crippen LogP contribution in [0.3, 0.4) is 0 Å². The van der Waals surface area contributed by atoms with Gasteiger partial charge in [0, 0.05) is 10.6 Å². The van der Waals surface area contributed by atoms with Crippen molar-refractivity contribution in [2.75, 3.05) is 0 Å². The number of halogens is 1. The summed E-state index contributed by atoms with van der Waals surface area (Å²) in [7, 11) is 0. The highest BCUT2D eigenvalue weighted by molar-refractivity contribution is 6.31. The van der Waals surface area contributed by atoms with E-state index in [2.05, 4.69) is 5.32 Å². The Hall–Kier alpha value is -2.33. The number of aryl methyl sites for hydroxylation is 1. The minimum Gasteiger partial charge on any atom is -0.463 e. The van der Waals surface area contributed by atoms with Gasteiger partial charge in [0.1, 0.15) is 0 Å². The molecule has 4 nitrogen and oxygen atoms in total. The predicted octanol–water partition coefficient (Wildman–Crippen LogP) is 4.46. The molecule has 1 N–H and O–H groups in total. The number of carbonyl (C=O) groups is 2. The molecular weight excluding hydrogens is 338 g/mol. The third-order valence-corrected chi connectivity index (χ3v) is 4.06. The number of amides is 1. The number of rotatable bonds is 6. The van der Waals surface area contributed by atoms with Gasteiger partial charge in [-0.2, -0.15) is 0 Å². The van der Waals surface area contributed by atoms with Crippen molar-refractivity contribution in [1.82, 2.24) is 5.32 Å². The van der Waals surface area contributed by atoms with E-state index in [1.54, 1.807) is 44.2 Å². The Morgan fingerprint density at radius 1 is 1.08 bits per heavy atom. The summed E-state index contributed by atoms with van der Waals surface area (Å²) in [5.41, 5.74) is 2.12. The number of nitrogens with one attached hydrogen (secondary N) is 1. The van der Waals surface area contributed by atoms with Gasteiger partial charge in [-0.3, -0.25) is 9.59 Å². The topological polar surface area (TPSA) is 55.4 Å². The van der Waals surface area contributed by atoms with Crippen LogP contribution < -0.4 is 5.32 Å². The zero-order valence-electron chi connectivity index (χ0n) is 14.6. The average molecular weight is 360 g/mol. The molecule has 25 heavy (non-hydrogen) atoms. The second-order valence-electron chi connectivity index (χ2n) is 6.11. The molecule has 2 rings (SSSR count). The molecular formula is C20H22ClNO3. The predicted molar refractivity (Wildman–Crippen MR) is 98.7 cm³/mol. The van der Waals surface area contributed by atoms with Gasteiger partial charge >= 0.3 is 5.97 Å². The van der Waals surface area contributed by atoms with Crippen LogP contribution >= 0.6 is 11.6 Å². The number of ether oxygens (including phenoxy) is 1. The lowest BCUT2D eigenvalue weighted by molar-refractivity contribution is -0.147. The standard InChI is InChI=1S/C20H22ClNO3/c1-13(2)25-19(23)12-18(16-10-6-7-11-17(16)21)22-20(24)15-9-5-4-8-14(15)3/h4-11,13,18H,12H2,1-3H3,(H,22,24). The molecule has 2 aromatic rings. The molecule has 0 aliphatic heterocycles. The van der Waals surface area contributed by atoms with Gasteiger partial charge < -0.3 is 10.1 Å². The van der Waals surface area contributed by atoms with Gasteiger partial charge in [-0.15, -0.1) is 0 Å². The van der Waals surface area contributed by atoms with Crippen molar-refractivity contribution < 1.29 is 14.3 Å². The molecule has 0 aliphatic rings. The summed E-state index contributed by atoms with van der Waals surface area (Å²) in [5.74, 6) is -0.634. The first kappa shape index (κ1) is 19.0. The third-order valence-electron chi connectivity index (χ3n) is 3.71. The van der Waals surface area contributed by atoms with Crippen molar-refractivity contribution in [1.29, 1.82) is 0 Å². The van der Waals surface area contributed by atoms with E-state index in [9.17, 15) is 9.59 Å². The van der Waals surface area contributed by atoms with E-state index in [0.717, 1.165) is 5.56 Å². The Kier molecular flexibility index (Phi) is 6.59. The molecule has 1 unspecified atom stereocenters. The molecule has 0 heterocycles. The fourth-order valence-corrected chi connectivity index (χ4v) is 2.81. The fraction of sp³-hybridized carbons (Fsp3) is 0.300. The van der Waals surface area contributed by atoms with Crippen molar-refractivity contribution >= 4 is 23.5 Å². The van der Waals surface area contributed by atoms with Crippen LogP contribution in [0, 0.1) is 6.92 Å². The van der Waals surface area contributed by atoms with E-state index in [4.69, 9.17) is 16.3 Å². The van der Waals surface area contributed by atoms with Gasteiger partial charge in [-0.1, -0.05) is 48.0 Å². The molecule has 1 atom stereocenters. The Balaban J connectivity index is 2.25. The third kappa shape index (κ3) is 5.33. The number of benzene rings is 2. The van der Waals surface area contributed by atoms with E-state index < -0.39 is 6.04 Å². The van der Waals surface area contributed by atoms with Crippen molar-refractivity contribution in [2.45, 2.75) is 39.3 Å². The molecule has 1 amide bonds. The zero-order chi connectivity index (χ0) is 18.4. The monoisotopic (exact) mass is 359 g/mol. The van der Waals surface area contributed by atoms with Crippen LogP contribution in [-0.2, 0) is 9.53 Å². The van der Waals surface area contributed by atoms with Crippen LogP contribution in [0.4, 0.5) is 0 Å². The van der Waals surface area contributed by atoms with Crippen LogP contribution in [0.1, 0.15) is 47.8 Å². The van der Waals surface area contributed by atoms with Crippen molar-refractivity contribution in [3.63, 3.8) is 0 Å². The van der Waals surface area contributed by atoms with Crippen molar-refractivity contribution in [2.24, 2.45) is 0 Å². The maximum Gasteiger partial charge on any atom is 0.308 e. The van der Waals surface area contributed by atoms with Gasteiger partial charge in [0.05, 0.1) is 18.6 Å². The number of hydrogen-bond donors (Lipinski definition) is 1. The first-order valence-corrected chi connectivity index (χ1v) is 8.56. The van der Waals surface area contributed by atoms with Crippen LogP contribution in [0.2, 0.25) is 5.02 Å². The Labute approximate surface area is 153 Å². The summed E-state index contributed by atoms with van der Waals surface area (Å²) in [4.78, 5) is 24.8. The molecule has 0 radical (unpaired) electrons. The van der Waals surface area contributed by atoms with Gasteiger partial charge in [-0.25, -0.2) is 0 Å². The van der Waals surface area contributed by atoms with E-state index in [-0.39, 0.29) is 24.4 Å². The van der Waals surface area contributed by atoms with E-state index in [0.29, 0.717) is 16.1 Å². The second kappa shape index (κ2) is 8.67. The van der Waals surface area contributed by atoms with Crippen LogP contribution in [0.5, 0.6) is 0 Å². The highest BCUT2D eigenvalue weighted by Crippen LogP contribution is 2.26. The fourth-order valence-electron chi connectivity index (χ4n) is 2.54. The minimum atomic E-state index is -0.563. The Morgan fingerprint density at radius 3 is 2.36 bits per heavy atom. The molecule has 5 heteroatoms. The molecule has 0 fully saturated rings. The lowest BCUT2D eigenvalue weighted by Gasteiger charge is -2.21. The largest absolute Gasteiger partial charge is 0.463 e. The van der Waals surface area contributed by atoms with E-state index >= 15 is 0 Å². The summed E-state index contributed by atoms with van der Waals surface area (Å²) in [5, 5.41) is 3.41. The van der Waals surface area contributed by atoms with E-state index in [1.165, 1.54) is 0 Å². The molecule has 0 bridgehead atoms. The van der Waals surface area contributed by atoms with Crippen LogP contribution in [0.25, 0.3) is 0 Å². The molecule has 0 spiro atoms. The molecule has 0 saturated heterocycles. The molecule has 0 saturated carbocycles. The zero-order valence-corrected chi connectivity index (χ0v) is 15.3. The normalized spacial score (nSPS) is 11.9. The summed E-state index contributed by atoms with van der Waals surface area (Å²) < 4.78 is 5.22. The summed E-state index contributed by atoms with van der Waals surface area (Å²) in [6.45, 7) is 5.44. The second-order valence-corrected chi connectivity index (χ2v) is 6.51. The molecule has 0 aromatic heterocycles. The van der Waals surface area contributed by atoms with Crippen LogP contribution in [0.15, 0.2) is 48.5 Å². The summed E-state index contributed by atoms with van der Waals surface area (Å²) >= 11 is 6.27. The maximum atomic E-state index is 12.7.